The second-order valence-corrected chi connectivity index (χ2v) is 9.44. The number of carbonyl (C=O) groups is 2. The molecule has 29 heavy (non-hydrogen) atoms. The summed E-state index contributed by atoms with van der Waals surface area (Å²) in [6, 6.07) is 12.6. The number of amides is 2. The predicted octanol–water partition coefficient (Wildman–Crippen LogP) is 4.21. The number of carbonyl (C=O) groups excluding carboxylic acids is 2. The fraction of sp³-hybridized carbons (Fsp3) is 0.391. The van der Waals surface area contributed by atoms with Crippen molar-refractivity contribution in [1.29, 1.82) is 0 Å². The fourth-order valence-electron chi connectivity index (χ4n) is 4.52. The van der Waals surface area contributed by atoms with Gasteiger partial charge < -0.3 is 9.80 Å². The highest BCUT2D eigenvalue weighted by Gasteiger charge is 2.60. The molecular formula is C23H23FN2O2S. The lowest BCUT2D eigenvalue weighted by atomic mass is 9.84. The van der Waals surface area contributed by atoms with Gasteiger partial charge in [-0.2, -0.15) is 0 Å². The topological polar surface area (TPSA) is 40.6 Å². The molecule has 1 aliphatic carbocycles. The number of rotatable bonds is 3. The van der Waals surface area contributed by atoms with Crippen molar-refractivity contribution in [1.82, 2.24) is 4.90 Å². The van der Waals surface area contributed by atoms with E-state index in [4.69, 9.17) is 0 Å². The molecule has 0 aromatic heterocycles. The number of anilines is 1. The summed E-state index contributed by atoms with van der Waals surface area (Å²) in [4.78, 5) is 29.3. The number of nitrogens with zero attached hydrogens (tertiary/aromatic N) is 2. The molecule has 5 rings (SSSR count). The Labute approximate surface area is 174 Å². The summed E-state index contributed by atoms with van der Waals surface area (Å²) < 4.78 is 14.2. The van der Waals surface area contributed by atoms with Crippen molar-refractivity contribution in [2.24, 2.45) is 5.92 Å². The van der Waals surface area contributed by atoms with E-state index in [0.29, 0.717) is 30.1 Å². The molecule has 0 radical (unpaired) electrons. The number of hydrogen-bond acceptors (Lipinski definition) is 3. The zero-order valence-corrected chi connectivity index (χ0v) is 17.2. The first kappa shape index (κ1) is 18.7. The monoisotopic (exact) mass is 410 g/mol. The molecular weight excluding hydrogens is 387 g/mol. The third-order valence-corrected chi connectivity index (χ3v) is 7.76. The molecule has 2 heterocycles. The summed E-state index contributed by atoms with van der Waals surface area (Å²) in [6.45, 7) is 2.96. The van der Waals surface area contributed by atoms with Gasteiger partial charge in [0.05, 0.1) is 12.2 Å². The van der Waals surface area contributed by atoms with Crippen LogP contribution in [0.3, 0.4) is 0 Å². The first-order valence-electron chi connectivity index (χ1n) is 10.1. The van der Waals surface area contributed by atoms with Crippen LogP contribution in [0.25, 0.3) is 0 Å². The first-order valence-corrected chi connectivity index (χ1v) is 11.1. The number of hydrogen-bond donors (Lipinski definition) is 0. The molecule has 2 aliphatic heterocycles. The summed E-state index contributed by atoms with van der Waals surface area (Å²) in [5.41, 5.74) is 3.49. The molecule has 6 heteroatoms. The molecule has 2 aromatic rings. The quantitative estimate of drug-likeness (QED) is 0.761. The number of benzene rings is 2. The molecule has 2 aromatic carbocycles. The maximum absolute atomic E-state index is 14.2. The Morgan fingerprint density at radius 1 is 1.21 bits per heavy atom. The van der Waals surface area contributed by atoms with E-state index in [1.807, 2.05) is 31.2 Å². The number of fused-ring (bicyclic) bond motifs is 2. The van der Waals surface area contributed by atoms with Gasteiger partial charge in [-0.3, -0.25) is 9.59 Å². The van der Waals surface area contributed by atoms with E-state index >= 15 is 0 Å². The molecule has 4 nitrogen and oxygen atoms in total. The maximum atomic E-state index is 14.2. The zero-order valence-electron chi connectivity index (χ0n) is 16.4. The van der Waals surface area contributed by atoms with Crippen LogP contribution in [0.1, 0.15) is 36.0 Å². The minimum Gasteiger partial charge on any atom is -0.315 e. The van der Waals surface area contributed by atoms with Crippen molar-refractivity contribution in [2.75, 3.05) is 17.2 Å². The minimum absolute atomic E-state index is 0.00142. The van der Waals surface area contributed by atoms with Crippen LogP contribution in [-0.2, 0) is 21.0 Å². The summed E-state index contributed by atoms with van der Waals surface area (Å²) in [7, 11) is 0. The predicted molar refractivity (Wildman–Crippen MR) is 112 cm³/mol. The van der Waals surface area contributed by atoms with Crippen LogP contribution in [-0.4, -0.2) is 29.0 Å². The van der Waals surface area contributed by atoms with Gasteiger partial charge in [-0.05, 0) is 43.5 Å². The highest BCUT2D eigenvalue weighted by atomic mass is 32.2. The largest absolute Gasteiger partial charge is 0.315 e. The van der Waals surface area contributed by atoms with E-state index < -0.39 is 4.87 Å². The van der Waals surface area contributed by atoms with Crippen molar-refractivity contribution in [3.63, 3.8) is 0 Å². The standard InChI is InChI=1S/C23H23FN2O2S/c1-15-5-7-16(8-6-15)14-25-20-10-9-18(24)13-19(20)23(22(25)28)26(11-12-29-23)21(27)17-3-2-4-17/h5-10,13,17H,2-4,11-12,14H2,1H3/t23-/m1/s1. The third-order valence-electron chi connectivity index (χ3n) is 6.34. The average molecular weight is 411 g/mol. The van der Waals surface area contributed by atoms with Crippen LogP contribution in [0.5, 0.6) is 0 Å². The van der Waals surface area contributed by atoms with Crippen LogP contribution in [0.15, 0.2) is 42.5 Å². The lowest BCUT2D eigenvalue weighted by Crippen LogP contribution is -2.52. The molecule has 150 valence electrons. The summed E-state index contributed by atoms with van der Waals surface area (Å²) >= 11 is 1.46. The van der Waals surface area contributed by atoms with Gasteiger partial charge in [0.2, 0.25) is 5.91 Å². The van der Waals surface area contributed by atoms with Gasteiger partial charge >= 0.3 is 0 Å². The number of aryl methyl sites for hydroxylation is 1. The second kappa shape index (κ2) is 6.87. The van der Waals surface area contributed by atoms with Crippen molar-refractivity contribution in [2.45, 2.75) is 37.6 Å². The molecule has 2 fully saturated rings. The molecule has 0 bridgehead atoms. The highest BCUT2D eigenvalue weighted by molar-refractivity contribution is 8.01. The second-order valence-electron chi connectivity index (χ2n) is 8.15. The number of halogens is 1. The van der Waals surface area contributed by atoms with Gasteiger partial charge in [0, 0.05) is 23.8 Å². The summed E-state index contributed by atoms with van der Waals surface area (Å²) in [6.07, 6.45) is 2.82. The molecule has 1 spiro atoms. The van der Waals surface area contributed by atoms with Crippen molar-refractivity contribution in [3.8, 4) is 0 Å². The van der Waals surface area contributed by atoms with Gasteiger partial charge in [-0.15, -0.1) is 11.8 Å². The van der Waals surface area contributed by atoms with Crippen LogP contribution in [0.4, 0.5) is 10.1 Å². The average Bonchev–Trinajstić information content (AvgIpc) is 3.19. The first-order chi connectivity index (χ1) is 14.0. The molecule has 1 atom stereocenters. The third kappa shape index (κ3) is 2.80. The van der Waals surface area contributed by atoms with E-state index in [1.165, 1.54) is 23.9 Å². The van der Waals surface area contributed by atoms with Crippen LogP contribution in [0.2, 0.25) is 0 Å². The smallest absolute Gasteiger partial charge is 0.268 e. The van der Waals surface area contributed by atoms with Gasteiger partial charge in [0.15, 0.2) is 4.87 Å². The van der Waals surface area contributed by atoms with E-state index in [-0.39, 0.29) is 23.5 Å². The van der Waals surface area contributed by atoms with Crippen molar-refractivity contribution >= 4 is 29.3 Å². The Hall–Kier alpha value is -2.34. The molecule has 3 aliphatic rings. The highest BCUT2D eigenvalue weighted by Crippen LogP contribution is 2.55. The fourth-order valence-corrected chi connectivity index (χ4v) is 5.98. The van der Waals surface area contributed by atoms with Crippen molar-refractivity contribution < 1.29 is 14.0 Å². The van der Waals surface area contributed by atoms with Crippen molar-refractivity contribution in [3.05, 3.63) is 65.0 Å². The zero-order chi connectivity index (χ0) is 20.2. The van der Waals surface area contributed by atoms with Crippen LogP contribution in [0, 0.1) is 18.7 Å². The Bertz CT molecular complexity index is 989. The van der Waals surface area contributed by atoms with Gasteiger partial charge in [0.25, 0.3) is 5.91 Å². The van der Waals surface area contributed by atoms with E-state index in [2.05, 4.69) is 0 Å². The summed E-state index contributed by atoms with van der Waals surface area (Å²) in [5.74, 6) is 0.215. The normalized spacial score (nSPS) is 23.6. The van der Waals surface area contributed by atoms with Crippen LogP contribution < -0.4 is 4.90 Å². The number of thioether (sulfide) groups is 1. The van der Waals surface area contributed by atoms with Gasteiger partial charge in [-0.1, -0.05) is 36.2 Å². The lowest BCUT2D eigenvalue weighted by Gasteiger charge is -2.37. The van der Waals surface area contributed by atoms with E-state index in [9.17, 15) is 14.0 Å². The Kier molecular flexibility index (Phi) is 4.42. The Morgan fingerprint density at radius 3 is 2.66 bits per heavy atom. The van der Waals surface area contributed by atoms with E-state index in [0.717, 1.165) is 30.4 Å². The maximum Gasteiger partial charge on any atom is 0.268 e. The van der Waals surface area contributed by atoms with Gasteiger partial charge in [0.1, 0.15) is 5.82 Å². The SMILES string of the molecule is Cc1ccc(CN2C(=O)[C@]3(SCCN3C(=O)C3CCC3)c3cc(F)ccc32)cc1. The molecule has 0 N–H and O–H groups in total. The van der Waals surface area contributed by atoms with Crippen LogP contribution >= 0.6 is 11.8 Å². The lowest BCUT2D eigenvalue weighted by molar-refractivity contribution is -0.145. The molecule has 1 saturated heterocycles. The molecule has 0 unspecified atom stereocenters. The Morgan fingerprint density at radius 2 is 1.97 bits per heavy atom. The summed E-state index contributed by atoms with van der Waals surface area (Å²) in [5, 5.41) is 0. The molecule has 2 amide bonds. The Balaban J connectivity index is 1.57. The van der Waals surface area contributed by atoms with Gasteiger partial charge in [-0.25, -0.2) is 4.39 Å². The minimum atomic E-state index is -1.13. The van der Waals surface area contributed by atoms with E-state index in [1.54, 1.807) is 15.9 Å². The molecule has 1 saturated carbocycles.